The van der Waals surface area contributed by atoms with Gasteiger partial charge in [0.25, 0.3) is 0 Å². The van der Waals surface area contributed by atoms with Gasteiger partial charge in [-0.1, -0.05) is 45.7 Å². The van der Waals surface area contributed by atoms with Crippen molar-refractivity contribution in [2.24, 2.45) is 11.1 Å². The van der Waals surface area contributed by atoms with Crippen LogP contribution in [0.3, 0.4) is 0 Å². The van der Waals surface area contributed by atoms with Gasteiger partial charge in [0.05, 0.1) is 11.8 Å². The van der Waals surface area contributed by atoms with Gasteiger partial charge in [0.2, 0.25) is 0 Å². The highest BCUT2D eigenvalue weighted by atomic mass is 35.5. The summed E-state index contributed by atoms with van der Waals surface area (Å²) in [4.78, 5) is 12.0. The van der Waals surface area contributed by atoms with Crippen molar-refractivity contribution in [1.29, 1.82) is 0 Å². The fourth-order valence-electron chi connectivity index (χ4n) is 4.21. The molecule has 1 fully saturated rings. The normalized spacial score (nSPS) is 16.3. The fourth-order valence-corrected chi connectivity index (χ4v) is 4.43. The molecule has 7 nitrogen and oxygen atoms in total. The van der Waals surface area contributed by atoms with Crippen molar-refractivity contribution in [1.82, 2.24) is 9.97 Å². The van der Waals surface area contributed by atoms with Crippen LogP contribution in [0.15, 0.2) is 30.5 Å². The molecule has 0 saturated carbocycles. The lowest BCUT2D eigenvalue weighted by Crippen LogP contribution is -2.37. The van der Waals surface area contributed by atoms with Gasteiger partial charge in [0, 0.05) is 54.7 Å². The number of aliphatic hydroxyl groups is 1. The first-order chi connectivity index (χ1) is 16.6. The third kappa shape index (κ3) is 7.32. The summed E-state index contributed by atoms with van der Waals surface area (Å²) in [7, 11) is 2.07. The molecule has 3 N–H and O–H groups in total. The summed E-state index contributed by atoms with van der Waals surface area (Å²) in [6.45, 7) is 10.0. The predicted octanol–water partition coefficient (Wildman–Crippen LogP) is 5.30. The van der Waals surface area contributed by atoms with Crippen molar-refractivity contribution in [2.45, 2.75) is 65.5 Å². The van der Waals surface area contributed by atoms with Crippen LogP contribution in [0.2, 0.25) is 5.02 Å². The second-order valence-corrected chi connectivity index (χ2v) is 10.6. The fraction of sp³-hybridized carbons (Fsp3) is 0.556. The van der Waals surface area contributed by atoms with Crippen molar-refractivity contribution in [2.75, 3.05) is 31.8 Å². The first-order valence-corrected chi connectivity index (χ1v) is 12.7. The van der Waals surface area contributed by atoms with Crippen molar-refractivity contribution < 1.29 is 14.6 Å². The zero-order valence-corrected chi connectivity index (χ0v) is 22.3. The Labute approximate surface area is 214 Å². The summed E-state index contributed by atoms with van der Waals surface area (Å²) < 4.78 is 11.4. The monoisotopic (exact) mass is 502 g/mol. The molecular weight excluding hydrogens is 464 g/mol. The number of nitrogens with zero attached hydrogens (tertiary/aromatic N) is 3. The molecule has 0 aliphatic carbocycles. The van der Waals surface area contributed by atoms with Crippen LogP contribution in [0.1, 0.15) is 59.2 Å². The molecule has 1 unspecified atom stereocenters. The maximum atomic E-state index is 10.1. The van der Waals surface area contributed by atoms with Crippen LogP contribution >= 0.6 is 11.6 Å². The predicted molar refractivity (Wildman–Crippen MR) is 143 cm³/mol. The van der Waals surface area contributed by atoms with Crippen molar-refractivity contribution in [3.05, 3.63) is 41.3 Å². The van der Waals surface area contributed by atoms with Crippen LogP contribution in [0.25, 0.3) is 16.8 Å². The highest BCUT2D eigenvalue weighted by molar-refractivity contribution is 6.31. The van der Waals surface area contributed by atoms with Gasteiger partial charge in [0.1, 0.15) is 18.2 Å². The third-order valence-electron chi connectivity index (χ3n) is 6.26. The maximum Gasteiger partial charge on any atom is 0.160 e. The molecule has 1 saturated heterocycles. The number of hydrogen-bond acceptors (Lipinski definition) is 7. The van der Waals surface area contributed by atoms with Gasteiger partial charge >= 0.3 is 0 Å². The van der Waals surface area contributed by atoms with E-state index in [0.717, 1.165) is 55.1 Å². The summed E-state index contributed by atoms with van der Waals surface area (Å²) >= 11 is 6.46. The Morgan fingerprint density at radius 1 is 1.26 bits per heavy atom. The molecule has 8 heteroatoms. The summed E-state index contributed by atoms with van der Waals surface area (Å²) in [5.41, 5.74) is 8.22. The van der Waals surface area contributed by atoms with Crippen LogP contribution < -0.4 is 15.4 Å². The molecule has 0 amide bonds. The molecule has 0 bridgehead atoms. The van der Waals surface area contributed by atoms with E-state index in [4.69, 9.17) is 36.8 Å². The number of rotatable bonds is 9. The largest absolute Gasteiger partial charge is 0.491 e. The minimum Gasteiger partial charge on any atom is -0.491 e. The maximum absolute atomic E-state index is 10.1. The van der Waals surface area contributed by atoms with E-state index in [1.807, 2.05) is 25.1 Å². The van der Waals surface area contributed by atoms with Crippen LogP contribution in [-0.2, 0) is 4.74 Å². The lowest BCUT2D eigenvalue weighted by Gasteiger charge is -2.32. The molecule has 1 aliphatic heterocycles. The second-order valence-electron chi connectivity index (χ2n) is 10.1. The van der Waals surface area contributed by atoms with Gasteiger partial charge in [-0.15, -0.1) is 0 Å². The number of allylic oxidation sites excluding steroid dienone is 1. The highest BCUT2D eigenvalue weighted by Gasteiger charge is 2.25. The summed E-state index contributed by atoms with van der Waals surface area (Å²) in [6.07, 6.45) is 4.55. The van der Waals surface area contributed by atoms with Crippen LogP contribution in [0, 0.1) is 5.41 Å². The minimum absolute atomic E-state index is 0.213. The molecular formula is C27H39ClN4O3. The Morgan fingerprint density at radius 3 is 2.60 bits per heavy atom. The van der Waals surface area contributed by atoms with Gasteiger partial charge in [-0.25, -0.2) is 9.97 Å². The minimum atomic E-state index is -0.517. The number of hydrogen-bond donors (Lipinski definition) is 2. The topological polar surface area (TPSA) is 93.7 Å². The average molecular weight is 503 g/mol. The van der Waals surface area contributed by atoms with E-state index >= 15 is 0 Å². The molecule has 1 aromatic heterocycles. The number of halogens is 1. The van der Waals surface area contributed by atoms with E-state index in [1.54, 1.807) is 12.3 Å². The molecule has 0 spiro atoms. The van der Waals surface area contributed by atoms with Gasteiger partial charge in [0.15, 0.2) is 5.82 Å². The third-order valence-corrected chi connectivity index (χ3v) is 6.48. The van der Waals surface area contributed by atoms with Crippen molar-refractivity contribution >= 4 is 23.0 Å². The zero-order chi connectivity index (χ0) is 25.6. The van der Waals surface area contributed by atoms with Gasteiger partial charge in [-0.2, -0.15) is 0 Å². The number of ether oxygens (including phenoxy) is 2. The number of aromatic nitrogens is 2. The Morgan fingerprint density at radius 2 is 1.97 bits per heavy atom. The van der Waals surface area contributed by atoms with Gasteiger partial charge in [-0.3, -0.25) is 0 Å². The van der Waals surface area contributed by atoms with E-state index in [9.17, 15) is 5.11 Å². The Kier molecular flexibility index (Phi) is 9.39. The Balaban J connectivity index is 2.04. The van der Waals surface area contributed by atoms with E-state index in [2.05, 4.69) is 32.7 Å². The van der Waals surface area contributed by atoms with Gasteiger partial charge in [-0.05, 0) is 42.9 Å². The highest BCUT2D eigenvalue weighted by Crippen LogP contribution is 2.35. The van der Waals surface area contributed by atoms with Crippen LogP contribution in [0.5, 0.6) is 5.75 Å². The smallest absolute Gasteiger partial charge is 0.160 e. The number of aliphatic hydroxyl groups excluding tert-OH is 1. The summed E-state index contributed by atoms with van der Waals surface area (Å²) in [6, 6.07) is 7.83. The summed E-state index contributed by atoms with van der Waals surface area (Å²) in [5.74, 6) is 2.00. The standard InChI is InChI=1S/C27H39ClN4O3/c1-6-7-21(33)17-35-22-13-18(12-19(28)14-22)24-15-25(32(5)20-8-10-34-11-9-20)31-26(30-24)23(16-29)27(2,3)4/h12-16,20-21,33H,6-11,17,29H2,1-5H3. The van der Waals surface area contributed by atoms with E-state index in [-0.39, 0.29) is 12.0 Å². The Hall–Kier alpha value is -2.35. The quantitative estimate of drug-likeness (QED) is 0.480. The molecule has 1 atom stereocenters. The molecule has 2 heterocycles. The van der Waals surface area contributed by atoms with Crippen LogP contribution in [-0.4, -0.2) is 54.1 Å². The lowest BCUT2D eigenvalue weighted by atomic mass is 9.86. The van der Waals surface area contributed by atoms with E-state index < -0.39 is 6.10 Å². The summed E-state index contributed by atoms with van der Waals surface area (Å²) in [5, 5.41) is 10.6. The first kappa shape index (κ1) is 27.2. The van der Waals surface area contributed by atoms with E-state index in [0.29, 0.717) is 29.1 Å². The molecule has 1 aromatic carbocycles. The van der Waals surface area contributed by atoms with Gasteiger partial charge < -0.3 is 25.2 Å². The number of benzene rings is 1. The number of nitrogens with two attached hydrogens (primary N) is 1. The second kappa shape index (κ2) is 12.1. The van der Waals surface area contributed by atoms with Crippen molar-refractivity contribution in [3.8, 4) is 17.0 Å². The SMILES string of the molecule is CCCC(O)COc1cc(Cl)cc(-c2cc(N(C)C3CCOCC3)nc(C(=CN)C(C)(C)C)n2)c1. The molecule has 2 aromatic rings. The molecule has 192 valence electrons. The lowest BCUT2D eigenvalue weighted by molar-refractivity contribution is 0.0853. The number of anilines is 1. The van der Waals surface area contributed by atoms with Crippen molar-refractivity contribution in [3.63, 3.8) is 0 Å². The Bertz CT molecular complexity index is 1020. The average Bonchev–Trinajstić information content (AvgIpc) is 2.82. The molecule has 1 aliphatic rings. The first-order valence-electron chi connectivity index (χ1n) is 12.4. The van der Waals surface area contributed by atoms with Crippen LogP contribution in [0.4, 0.5) is 5.82 Å². The molecule has 3 rings (SSSR count). The zero-order valence-electron chi connectivity index (χ0n) is 21.6. The molecule has 0 radical (unpaired) electrons. The van der Waals surface area contributed by atoms with E-state index in [1.165, 1.54) is 0 Å². The molecule has 35 heavy (non-hydrogen) atoms.